The molecule has 1 aliphatic rings. The third-order valence-corrected chi connectivity index (χ3v) is 7.22. The second kappa shape index (κ2) is 8.35. The molecule has 1 N–H and O–H groups in total. The zero-order valence-electron chi connectivity index (χ0n) is 17.3. The number of thiazole rings is 1. The number of Topliss-reactive ketones (excluding diaryl/α,β-unsaturated/α-hetero) is 1. The third-order valence-electron chi connectivity index (χ3n) is 5.49. The number of aromatic nitrogens is 1. The summed E-state index contributed by atoms with van der Waals surface area (Å²) in [5.74, 6) is -2.39. The van der Waals surface area contributed by atoms with Gasteiger partial charge in [-0.2, -0.15) is 0 Å². The Kier molecular flexibility index (Phi) is 5.49. The summed E-state index contributed by atoms with van der Waals surface area (Å²) in [6.07, 6.45) is 0. The molecule has 1 saturated heterocycles. The van der Waals surface area contributed by atoms with E-state index in [1.165, 1.54) is 40.5 Å². The molecule has 1 fully saturated rings. The number of carbonyl (C=O) groups is 2. The Morgan fingerprint density at radius 1 is 1.06 bits per heavy atom. The summed E-state index contributed by atoms with van der Waals surface area (Å²) in [4.78, 5) is 32.4. The van der Waals surface area contributed by atoms with Crippen LogP contribution in [0.4, 0.5) is 9.52 Å². The number of aliphatic hydroxyl groups is 1. The second-order valence-corrected chi connectivity index (χ2v) is 9.95. The van der Waals surface area contributed by atoms with Gasteiger partial charge in [0.15, 0.2) is 5.13 Å². The first kappa shape index (κ1) is 21.7. The average Bonchev–Trinajstić information content (AvgIpc) is 3.32. The molecule has 1 aromatic heterocycles. The van der Waals surface area contributed by atoms with Gasteiger partial charge in [0.05, 0.1) is 21.8 Å². The SMILES string of the molecule is Cc1ccc2nc(N3C(=O)C(=O)C(=C(O)c4ccc(F)cc4)C3c3ccc(I)cc3)sc2c1. The molecule has 1 aliphatic heterocycles. The standard InChI is InChI=1S/C25H16FIN2O3S/c1-13-2-11-18-19(12-13)33-25(28-18)29-21(14-5-9-17(27)10-6-14)20(23(31)24(29)32)22(30)15-3-7-16(26)8-4-15/h2-12,21,30H,1H3. The van der Waals surface area contributed by atoms with Gasteiger partial charge in [0.2, 0.25) is 0 Å². The van der Waals surface area contributed by atoms with Crippen LogP contribution in [0.25, 0.3) is 16.0 Å². The van der Waals surface area contributed by atoms with Crippen LogP contribution >= 0.6 is 33.9 Å². The number of fused-ring (bicyclic) bond motifs is 1. The quantitative estimate of drug-likeness (QED) is 0.143. The number of anilines is 1. The molecule has 164 valence electrons. The zero-order valence-corrected chi connectivity index (χ0v) is 20.2. The van der Waals surface area contributed by atoms with E-state index >= 15 is 0 Å². The van der Waals surface area contributed by atoms with Crippen LogP contribution in [-0.2, 0) is 9.59 Å². The van der Waals surface area contributed by atoms with E-state index in [2.05, 4.69) is 27.6 Å². The van der Waals surface area contributed by atoms with Crippen LogP contribution in [0.5, 0.6) is 0 Å². The maximum atomic E-state index is 13.4. The minimum absolute atomic E-state index is 0.0525. The van der Waals surface area contributed by atoms with E-state index in [4.69, 9.17) is 0 Å². The molecule has 3 aromatic carbocycles. The van der Waals surface area contributed by atoms with Gasteiger partial charge in [-0.1, -0.05) is 29.5 Å². The fourth-order valence-corrected chi connectivity index (χ4v) is 5.33. The normalized spacial score (nSPS) is 17.8. The van der Waals surface area contributed by atoms with E-state index in [-0.39, 0.29) is 16.9 Å². The topological polar surface area (TPSA) is 70.5 Å². The summed E-state index contributed by atoms with van der Waals surface area (Å²) in [6.45, 7) is 1.97. The van der Waals surface area contributed by atoms with Crippen LogP contribution in [-0.4, -0.2) is 21.8 Å². The lowest BCUT2D eigenvalue weighted by atomic mass is 9.95. The van der Waals surface area contributed by atoms with E-state index < -0.39 is 23.5 Å². The number of hydrogen-bond acceptors (Lipinski definition) is 5. The number of carbonyl (C=O) groups excluding carboxylic acids is 2. The van der Waals surface area contributed by atoms with Gasteiger partial charge < -0.3 is 5.11 Å². The van der Waals surface area contributed by atoms with E-state index in [1.54, 1.807) is 0 Å². The predicted octanol–water partition coefficient (Wildman–Crippen LogP) is 5.97. The van der Waals surface area contributed by atoms with Crippen molar-refractivity contribution >= 4 is 66.7 Å². The van der Waals surface area contributed by atoms with E-state index in [9.17, 15) is 19.1 Å². The summed E-state index contributed by atoms with van der Waals surface area (Å²) in [6, 6.07) is 17.5. The van der Waals surface area contributed by atoms with Gasteiger partial charge in [0.1, 0.15) is 11.6 Å². The third kappa shape index (κ3) is 3.83. The van der Waals surface area contributed by atoms with E-state index in [0.29, 0.717) is 10.7 Å². The zero-order chi connectivity index (χ0) is 23.3. The Hall–Kier alpha value is -3.11. The lowest BCUT2D eigenvalue weighted by Gasteiger charge is -2.23. The Labute approximate surface area is 206 Å². The van der Waals surface area contributed by atoms with Gasteiger partial charge in [-0.25, -0.2) is 9.37 Å². The fourth-order valence-electron chi connectivity index (χ4n) is 3.88. The molecule has 1 atom stereocenters. The Bertz CT molecular complexity index is 1450. The lowest BCUT2D eigenvalue weighted by molar-refractivity contribution is -0.132. The molecule has 0 spiro atoms. The van der Waals surface area contributed by atoms with Crippen LogP contribution in [0.3, 0.4) is 0 Å². The van der Waals surface area contributed by atoms with Gasteiger partial charge in [0, 0.05) is 9.13 Å². The first-order valence-electron chi connectivity index (χ1n) is 10.0. The first-order chi connectivity index (χ1) is 15.8. The number of halogens is 2. The molecule has 5 nitrogen and oxygen atoms in total. The molecular formula is C25H16FIN2O3S. The van der Waals surface area contributed by atoms with Gasteiger partial charge in [-0.05, 0) is 89.2 Å². The molecule has 1 amide bonds. The maximum absolute atomic E-state index is 13.4. The lowest BCUT2D eigenvalue weighted by Crippen LogP contribution is -2.29. The van der Waals surface area contributed by atoms with Crippen molar-refractivity contribution in [2.75, 3.05) is 4.90 Å². The number of ketones is 1. The van der Waals surface area contributed by atoms with Crippen molar-refractivity contribution in [1.29, 1.82) is 0 Å². The predicted molar refractivity (Wildman–Crippen MR) is 135 cm³/mol. The number of amides is 1. The number of aryl methyl sites for hydroxylation is 1. The molecule has 2 heterocycles. The van der Waals surface area contributed by atoms with Crippen molar-refractivity contribution in [3.63, 3.8) is 0 Å². The molecule has 4 aromatic rings. The molecule has 1 unspecified atom stereocenters. The summed E-state index contributed by atoms with van der Waals surface area (Å²) >= 11 is 3.49. The Balaban J connectivity index is 1.73. The van der Waals surface area contributed by atoms with Crippen molar-refractivity contribution in [2.24, 2.45) is 0 Å². The Morgan fingerprint density at radius 2 is 1.76 bits per heavy atom. The number of hydrogen-bond donors (Lipinski definition) is 1. The van der Waals surface area contributed by atoms with Crippen molar-refractivity contribution in [3.05, 3.63) is 98.4 Å². The van der Waals surface area contributed by atoms with Crippen molar-refractivity contribution < 1.29 is 19.1 Å². The van der Waals surface area contributed by atoms with Gasteiger partial charge in [-0.3, -0.25) is 14.5 Å². The molecule has 5 rings (SSSR count). The molecule has 0 aliphatic carbocycles. The summed E-state index contributed by atoms with van der Waals surface area (Å²) in [7, 11) is 0. The van der Waals surface area contributed by atoms with E-state index in [1.807, 2.05) is 49.4 Å². The monoisotopic (exact) mass is 570 g/mol. The van der Waals surface area contributed by atoms with Gasteiger partial charge in [0.25, 0.3) is 5.78 Å². The minimum atomic E-state index is -0.867. The molecular weight excluding hydrogens is 554 g/mol. The van der Waals surface area contributed by atoms with Gasteiger partial charge >= 0.3 is 5.91 Å². The number of nitrogens with zero attached hydrogens (tertiary/aromatic N) is 2. The number of rotatable bonds is 3. The van der Waals surface area contributed by atoms with Gasteiger partial charge in [-0.15, -0.1) is 0 Å². The molecule has 8 heteroatoms. The van der Waals surface area contributed by atoms with E-state index in [0.717, 1.165) is 19.4 Å². The highest BCUT2D eigenvalue weighted by Gasteiger charge is 2.48. The van der Waals surface area contributed by atoms with Crippen LogP contribution in [0, 0.1) is 16.3 Å². The number of aliphatic hydroxyl groups excluding tert-OH is 1. The maximum Gasteiger partial charge on any atom is 0.301 e. The largest absolute Gasteiger partial charge is 0.507 e. The highest BCUT2D eigenvalue weighted by atomic mass is 127. The summed E-state index contributed by atoms with van der Waals surface area (Å²) in [5.41, 5.74) is 2.65. The Morgan fingerprint density at radius 3 is 2.45 bits per heavy atom. The minimum Gasteiger partial charge on any atom is -0.507 e. The summed E-state index contributed by atoms with van der Waals surface area (Å²) < 4.78 is 15.3. The van der Waals surface area contributed by atoms with Crippen LogP contribution in [0.1, 0.15) is 22.7 Å². The smallest absolute Gasteiger partial charge is 0.301 e. The van der Waals surface area contributed by atoms with Crippen molar-refractivity contribution in [3.8, 4) is 0 Å². The van der Waals surface area contributed by atoms with Crippen LogP contribution in [0.2, 0.25) is 0 Å². The summed E-state index contributed by atoms with van der Waals surface area (Å²) in [5, 5.41) is 11.4. The molecule has 0 bridgehead atoms. The fraction of sp³-hybridized carbons (Fsp3) is 0.0800. The number of benzene rings is 3. The van der Waals surface area contributed by atoms with Crippen molar-refractivity contribution in [1.82, 2.24) is 4.98 Å². The second-order valence-electron chi connectivity index (χ2n) is 7.70. The average molecular weight is 570 g/mol. The molecule has 33 heavy (non-hydrogen) atoms. The molecule has 0 saturated carbocycles. The van der Waals surface area contributed by atoms with Crippen LogP contribution < -0.4 is 4.90 Å². The highest BCUT2D eigenvalue weighted by Crippen LogP contribution is 2.44. The first-order valence-corrected chi connectivity index (χ1v) is 11.9. The highest BCUT2D eigenvalue weighted by molar-refractivity contribution is 14.1. The van der Waals surface area contributed by atoms with Crippen molar-refractivity contribution in [2.45, 2.75) is 13.0 Å². The van der Waals surface area contributed by atoms with Crippen LogP contribution in [0.15, 0.2) is 72.3 Å². The molecule has 0 radical (unpaired) electrons.